The molecule has 1 aromatic carbocycles. The lowest BCUT2D eigenvalue weighted by Gasteiger charge is -2.04. The number of nitrogens with one attached hydrogen (secondary N) is 1. The van der Waals surface area contributed by atoms with Crippen molar-refractivity contribution in [3.05, 3.63) is 23.8 Å². The number of fused-ring (bicyclic) bond motifs is 1. The van der Waals surface area contributed by atoms with E-state index in [-0.39, 0.29) is 0 Å². The lowest BCUT2D eigenvalue weighted by atomic mass is 10.0. The predicted octanol–water partition coefficient (Wildman–Crippen LogP) is 4.70. The fourth-order valence-electron chi connectivity index (χ4n) is 3.19. The molecule has 3 heteroatoms. The molecule has 1 heterocycles. The summed E-state index contributed by atoms with van der Waals surface area (Å²) in [6, 6.07) is 6.38. The Bertz CT molecular complexity index is 611. The zero-order chi connectivity index (χ0) is 13.8. The molecule has 0 atom stereocenters. The highest BCUT2D eigenvalue weighted by Crippen LogP contribution is 2.68. The molecule has 1 fully saturated rings. The first-order valence-corrected chi connectivity index (χ1v) is 7.76. The first kappa shape index (κ1) is 12.9. The molecule has 102 valence electrons. The van der Waals surface area contributed by atoms with Crippen molar-refractivity contribution in [2.45, 2.75) is 34.6 Å². The maximum atomic E-state index is 4.71. The molecule has 1 N–H and O–H groups in total. The minimum atomic E-state index is 0.437. The number of thiazole rings is 1. The standard InChI is InChI=1S/C16H22N2S/c1-10-7-6-8-11-13(10)18-14(19-11)17-9-12-15(2,3)16(12,4)5/h6-8,12H,9H2,1-5H3,(H,17,18). The van der Waals surface area contributed by atoms with E-state index in [1.807, 2.05) is 0 Å². The molecule has 1 saturated carbocycles. The summed E-state index contributed by atoms with van der Waals surface area (Å²) in [7, 11) is 0. The van der Waals surface area contributed by atoms with Crippen LogP contribution in [0.3, 0.4) is 0 Å². The Labute approximate surface area is 119 Å². The van der Waals surface area contributed by atoms with Crippen molar-refractivity contribution in [2.75, 3.05) is 11.9 Å². The van der Waals surface area contributed by atoms with E-state index < -0.39 is 0 Å². The van der Waals surface area contributed by atoms with E-state index in [1.165, 1.54) is 10.3 Å². The van der Waals surface area contributed by atoms with Crippen LogP contribution in [0, 0.1) is 23.7 Å². The fourth-order valence-corrected chi connectivity index (χ4v) is 4.15. The van der Waals surface area contributed by atoms with Gasteiger partial charge in [-0.05, 0) is 35.3 Å². The Morgan fingerprint density at radius 2 is 1.89 bits per heavy atom. The van der Waals surface area contributed by atoms with Crippen molar-refractivity contribution in [1.29, 1.82) is 0 Å². The average Bonchev–Trinajstić information content (AvgIpc) is 2.66. The Kier molecular flexibility index (Phi) is 2.69. The Balaban J connectivity index is 1.75. The molecule has 0 unspecified atom stereocenters. The van der Waals surface area contributed by atoms with E-state index >= 15 is 0 Å². The van der Waals surface area contributed by atoms with Gasteiger partial charge in [0, 0.05) is 6.54 Å². The molecule has 2 aromatic rings. The highest BCUT2D eigenvalue weighted by molar-refractivity contribution is 7.22. The topological polar surface area (TPSA) is 24.9 Å². The first-order chi connectivity index (χ1) is 8.84. The van der Waals surface area contributed by atoms with Crippen LogP contribution in [0.5, 0.6) is 0 Å². The van der Waals surface area contributed by atoms with Gasteiger partial charge in [-0.3, -0.25) is 0 Å². The summed E-state index contributed by atoms with van der Waals surface area (Å²) in [6.45, 7) is 12.6. The van der Waals surface area contributed by atoms with Crippen molar-refractivity contribution >= 4 is 26.7 Å². The normalized spacial score (nSPS) is 20.7. The van der Waals surface area contributed by atoms with E-state index in [0.29, 0.717) is 10.8 Å². The molecule has 3 rings (SSSR count). The number of benzene rings is 1. The first-order valence-electron chi connectivity index (χ1n) is 6.94. The average molecular weight is 274 g/mol. The van der Waals surface area contributed by atoms with Crippen molar-refractivity contribution in [3.63, 3.8) is 0 Å². The third-order valence-electron chi connectivity index (χ3n) is 5.40. The molecule has 2 nitrogen and oxygen atoms in total. The summed E-state index contributed by atoms with van der Waals surface area (Å²) in [5.41, 5.74) is 3.28. The minimum absolute atomic E-state index is 0.437. The molecule has 0 amide bonds. The van der Waals surface area contributed by atoms with Gasteiger partial charge >= 0.3 is 0 Å². The molecule has 0 radical (unpaired) electrons. The van der Waals surface area contributed by atoms with Crippen LogP contribution in [-0.4, -0.2) is 11.5 Å². The number of hydrogen-bond acceptors (Lipinski definition) is 3. The van der Waals surface area contributed by atoms with E-state index in [2.05, 4.69) is 58.1 Å². The lowest BCUT2D eigenvalue weighted by molar-refractivity contribution is 0.457. The van der Waals surface area contributed by atoms with Gasteiger partial charge in [-0.25, -0.2) is 4.98 Å². The number of anilines is 1. The molecule has 1 aromatic heterocycles. The van der Waals surface area contributed by atoms with Gasteiger partial charge in [-0.1, -0.05) is 51.2 Å². The summed E-state index contributed by atoms with van der Waals surface area (Å²) >= 11 is 1.76. The minimum Gasteiger partial charge on any atom is -0.361 e. The van der Waals surface area contributed by atoms with E-state index in [9.17, 15) is 0 Å². The van der Waals surface area contributed by atoms with Crippen LogP contribution >= 0.6 is 11.3 Å². The summed E-state index contributed by atoms with van der Waals surface area (Å²) in [5, 5.41) is 4.60. The highest BCUT2D eigenvalue weighted by Gasteiger charge is 2.64. The predicted molar refractivity (Wildman–Crippen MR) is 83.9 cm³/mol. The lowest BCUT2D eigenvalue weighted by Crippen LogP contribution is -2.07. The van der Waals surface area contributed by atoms with Gasteiger partial charge in [0.05, 0.1) is 10.2 Å². The Morgan fingerprint density at radius 3 is 2.47 bits per heavy atom. The Morgan fingerprint density at radius 1 is 1.21 bits per heavy atom. The maximum Gasteiger partial charge on any atom is 0.183 e. The van der Waals surface area contributed by atoms with E-state index in [4.69, 9.17) is 4.98 Å². The summed E-state index contributed by atoms with van der Waals surface area (Å²) in [6.07, 6.45) is 0. The number of rotatable bonds is 3. The third kappa shape index (κ3) is 1.86. The van der Waals surface area contributed by atoms with Gasteiger partial charge in [-0.15, -0.1) is 0 Å². The highest BCUT2D eigenvalue weighted by atomic mass is 32.1. The van der Waals surface area contributed by atoms with Crippen LogP contribution < -0.4 is 5.32 Å². The second-order valence-corrected chi connectivity index (χ2v) is 7.85. The second kappa shape index (κ2) is 3.95. The van der Waals surface area contributed by atoms with E-state index in [0.717, 1.165) is 23.1 Å². The van der Waals surface area contributed by atoms with Gasteiger partial charge in [0.2, 0.25) is 0 Å². The van der Waals surface area contributed by atoms with Crippen LogP contribution in [0.2, 0.25) is 0 Å². The molecular formula is C16H22N2S. The van der Waals surface area contributed by atoms with Crippen molar-refractivity contribution in [2.24, 2.45) is 16.7 Å². The molecule has 1 aliphatic rings. The molecular weight excluding hydrogens is 252 g/mol. The van der Waals surface area contributed by atoms with Gasteiger partial charge in [-0.2, -0.15) is 0 Å². The quantitative estimate of drug-likeness (QED) is 0.877. The number of nitrogens with zero attached hydrogens (tertiary/aromatic N) is 1. The molecule has 0 spiro atoms. The van der Waals surface area contributed by atoms with E-state index in [1.54, 1.807) is 11.3 Å². The van der Waals surface area contributed by atoms with Crippen LogP contribution in [0.25, 0.3) is 10.2 Å². The zero-order valence-electron chi connectivity index (χ0n) is 12.4. The summed E-state index contributed by atoms with van der Waals surface area (Å²) in [5.74, 6) is 0.730. The molecule has 0 bridgehead atoms. The van der Waals surface area contributed by atoms with Crippen LogP contribution in [0.4, 0.5) is 5.13 Å². The smallest absolute Gasteiger partial charge is 0.183 e. The number of aromatic nitrogens is 1. The molecule has 1 aliphatic carbocycles. The van der Waals surface area contributed by atoms with Crippen LogP contribution in [0.15, 0.2) is 18.2 Å². The second-order valence-electron chi connectivity index (χ2n) is 6.82. The van der Waals surface area contributed by atoms with Crippen molar-refractivity contribution in [3.8, 4) is 0 Å². The molecule has 19 heavy (non-hydrogen) atoms. The van der Waals surface area contributed by atoms with Crippen LogP contribution in [-0.2, 0) is 0 Å². The zero-order valence-corrected chi connectivity index (χ0v) is 13.2. The van der Waals surface area contributed by atoms with Gasteiger partial charge in [0.1, 0.15) is 0 Å². The summed E-state index contributed by atoms with van der Waals surface area (Å²) < 4.78 is 1.27. The third-order valence-corrected chi connectivity index (χ3v) is 6.38. The van der Waals surface area contributed by atoms with Gasteiger partial charge in [0.15, 0.2) is 5.13 Å². The van der Waals surface area contributed by atoms with Crippen molar-refractivity contribution < 1.29 is 0 Å². The fraction of sp³-hybridized carbons (Fsp3) is 0.562. The van der Waals surface area contributed by atoms with Gasteiger partial charge < -0.3 is 5.32 Å². The number of para-hydroxylation sites is 1. The Hall–Kier alpha value is -1.09. The number of hydrogen-bond donors (Lipinski definition) is 1. The van der Waals surface area contributed by atoms with Gasteiger partial charge in [0.25, 0.3) is 0 Å². The molecule has 0 aliphatic heterocycles. The largest absolute Gasteiger partial charge is 0.361 e. The number of aryl methyl sites for hydroxylation is 1. The summed E-state index contributed by atoms with van der Waals surface area (Å²) in [4.78, 5) is 4.71. The van der Waals surface area contributed by atoms with Crippen LogP contribution in [0.1, 0.15) is 33.3 Å². The monoisotopic (exact) mass is 274 g/mol. The maximum absolute atomic E-state index is 4.71. The van der Waals surface area contributed by atoms with Crippen molar-refractivity contribution in [1.82, 2.24) is 4.98 Å². The molecule has 0 saturated heterocycles. The SMILES string of the molecule is Cc1cccc2sc(NCC3C(C)(C)C3(C)C)nc12.